The Morgan fingerprint density at radius 1 is 1.40 bits per heavy atom. The van der Waals surface area contributed by atoms with Crippen LogP contribution < -0.4 is 11.1 Å². The van der Waals surface area contributed by atoms with Crippen molar-refractivity contribution in [3.63, 3.8) is 0 Å². The Kier molecular flexibility index (Phi) is 4.81. The summed E-state index contributed by atoms with van der Waals surface area (Å²) in [5.74, 6) is -0.0290. The summed E-state index contributed by atoms with van der Waals surface area (Å²) in [6.45, 7) is 2.41. The van der Waals surface area contributed by atoms with Gasteiger partial charge >= 0.3 is 0 Å². The van der Waals surface area contributed by atoms with Gasteiger partial charge in [-0.25, -0.2) is 4.98 Å². The highest BCUT2D eigenvalue weighted by molar-refractivity contribution is 7.80. The van der Waals surface area contributed by atoms with Crippen LogP contribution >= 0.6 is 23.6 Å². The van der Waals surface area contributed by atoms with Crippen molar-refractivity contribution in [2.24, 2.45) is 5.73 Å². The lowest BCUT2D eigenvalue weighted by atomic mass is 10.1. The van der Waals surface area contributed by atoms with E-state index in [0.29, 0.717) is 18.0 Å². The normalized spacial score (nSPS) is 10.2. The number of amides is 1. The van der Waals surface area contributed by atoms with E-state index in [0.717, 1.165) is 21.8 Å². The van der Waals surface area contributed by atoms with Crippen LogP contribution in [0, 0.1) is 6.92 Å². The highest BCUT2D eigenvalue weighted by Crippen LogP contribution is 2.08. The second kappa shape index (κ2) is 6.58. The topological polar surface area (TPSA) is 68.0 Å². The van der Waals surface area contributed by atoms with Crippen molar-refractivity contribution in [1.82, 2.24) is 10.3 Å². The first-order valence-corrected chi connectivity index (χ1v) is 7.40. The molecule has 4 nitrogen and oxygen atoms in total. The van der Waals surface area contributed by atoms with Gasteiger partial charge in [0.1, 0.15) is 4.99 Å². The molecule has 2 rings (SSSR count). The first-order valence-electron chi connectivity index (χ1n) is 6.11. The maximum atomic E-state index is 11.8. The molecule has 1 aromatic carbocycles. The second-order valence-corrected chi connectivity index (χ2v) is 5.87. The number of carbonyl (C=O) groups is 1. The number of thiazole rings is 1. The number of benzene rings is 1. The average molecular weight is 305 g/mol. The van der Waals surface area contributed by atoms with Crippen LogP contribution in [-0.4, -0.2) is 15.9 Å². The van der Waals surface area contributed by atoms with E-state index in [1.54, 1.807) is 11.3 Å². The van der Waals surface area contributed by atoms with Gasteiger partial charge in [-0.15, -0.1) is 11.3 Å². The van der Waals surface area contributed by atoms with Crippen LogP contribution in [0.5, 0.6) is 0 Å². The van der Waals surface area contributed by atoms with E-state index in [-0.39, 0.29) is 5.91 Å². The molecule has 0 spiro atoms. The van der Waals surface area contributed by atoms with E-state index in [1.165, 1.54) is 0 Å². The van der Waals surface area contributed by atoms with Crippen molar-refractivity contribution >= 4 is 34.5 Å². The first-order chi connectivity index (χ1) is 9.54. The maximum Gasteiger partial charge on any atom is 0.224 e. The third-order valence-electron chi connectivity index (χ3n) is 2.74. The van der Waals surface area contributed by atoms with Crippen molar-refractivity contribution in [1.29, 1.82) is 0 Å². The van der Waals surface area contributed by atoms with Gasteiger partial charge < -0.3 is 11.1 Å². The number of hydrogen-bond donors (Lipinski definition) is 2. The fraction of sp³-hybridized carbons (Fsp3) is 0.214. The van der Waals surface area contributed by atoms with Gasteiger partial charge in [0.05, 0.1) is 23.7 Å². The summed E-state index contributed by atoms with van der Waals surface area (Å²) in [5.41, 5.74) is 8.15. The van der Waals surface area contributed by atoms with Gasteiger partial charge in [-0.05, 0) is 12.5 Å². The number of aromatic nitrogens is 1. The lowest BCUT2D eigenvalue weighted by molar-refractivity contribution is -0.120. The molecule has 1 heterocycles. The lowest BCUT2D eigenvalue weighted by Gasteiger charge is -2.04. The van der Waals surface area contributed by atoms with Crippen LogP contribution in [0.25, 0.3) is 0 Å². The van der Waals surface area contributed by atoms with Gasteiger partial charge in [0.2, 0.25) is 5.91 Å². The molecule has 0 unspecified atom stereocenters. The smallest absolute Gasteiger partial charge is 0.224 e. The number of aryl methyl sites for hydroxylation is 1. The molecule has 0 aliphatic rings. The van der Waals surface area contributed by atoms with Crippen molar-refractivity contribution in [2.75, 3.05) is 0 Å². The molecule has 104 valence electrons. The van der Waals surface area contributed by atoms with Gasteiger partial charge in [-0.2, -0.15) is 0 Å². The molecule has 0 aliphatic heterocycles. The lowest BCUT2D eigenvalue weighted by Crippen LogP contribution is -2.24. The fourth-order valence-corrected chi connectivity index (χ4v) is 2.46. The van der Waals surface area contributed by atoms with Gasteiger partial charge in [0, 0.05) is 10.9 Å². The van der Waals surface area contributed by atoms with E-state index in [9.17, 15) is 4.79 Å². The van der Waals surface area contributed by atoms with Gasteiger partial charge in [-0.3, -0.25) is 4.79 Å². The summed E-state index contributed by atoms with van der Waals surface area (Å²) in [7, 11) is 0. The Bertz CT molecular complexity index is 620. The number of rotatable bonds is 5. The van der Waals surface area contributed by atoms with Crippen LogP contribution in [0.4, 0.5) is 0 Å². The summed E-state index contributed by atoms with van der Waals surface area (Å²) in [6.07, 6.45) is 0.334. The van der Waals surface area contributed by atoms with Crippen LogP contribution in [0.2, 0.25) is 0 Å². The number of nitrogens with two attached hydrogens (primary N) is 1. The zero-order valence-corrected chi connectivity index (χ0v) is 12.7. The van der Waals surface area contributed by atoms with E-state index in [4.69, 9.17) is 18.0 Å². The first kappa shape index (κ1) is 14.6. The van der Waals surface area contributed by atoms with E-state index < -0.39 is 0 Å². The van der Waals surface area contributed by atoms with Crippen LogP contribution in [0.1, 0.15) is 21.8 Å². The Hall–Kier alpha value is -1.79. The molecular formula is C14H15N3OS2. The highest BCUT2D eigenvalue weighted by atomic mass is 32.1. The quantitative estimate of drug-likeness (QED) is 0.829. The van der Waals surface area contributed by atoms with Gasteiger partial charge in [0.15, 0.2) is 0 Å². The minimum atomic E-state index is -0.0290. The third-order valence-corrected chi connectivity index (χ3v) is 3.79. The highest BCUT2D eigenvalue weighted by Gasteiger charge is 2.05. The summed E-state index contributed by atoms with van der Waals surface area (Å²) in [4.78, 5) is 16.5. The predicted octanol–water partition coefficient (Wildman–Crippen LogP) is 1.94. The summed E-state index contributed by atoms with van der Waals surface area (Å²) in [5, 5.41) is 5.81. The zero-order valence-electron chi connectivity index (χ0n) is 11.1. The Morgan fingerprint density at radius 2 is 2.10 bits per heavy atom. The molecule has 1 aromatic heterocycles. The molecule has 0 fully saturated rings. The molecule has 20 heavy (non-hydrogen) atoms. The fourth-order valence-electron chi connectivity index (χ4n) is 1.71. The van der Waals surface area contributed by atoms with Crippen molar-refractivity contribution in [3.8, 4) is 0 Å². The van der Waals surface area contributed by atoms with E-state index in [2.05, 4.69) is 10.3 Å². The number of hydrogen-bond acceptors (Lipinski definition) is 4. The molecule has 1 amide bonds. The summed E-state index contributed by atoms with van der Waals surface area (Å²) < 4.78 is 0. The van der Waals surface area contributed by atoms with Gasteiger partial charge in [-0.1, -0.05) is 36.5 Å². The van der Waals surface area contributed by atoms with Gasteiger partial charge in [0.25, 0.3) is 0 Å². The Balaban J connectivity index is 1.86. The SMILES string of the molecule is Cc1nc(CNC(=O)Cc2ccc(C(N)=S)cc2)cs1. The number of thiocarbonyl (C=S) groups is 1. The molecule has 0 saturated heterocycles. The standard InChI is InChI=1S/C14H15N3OS2/c1-9-17-12(8-20-9)7-16-13(18)6-10-2-4-11(5-3-10)14(15)19/h2-5,8H,6-7H2,1H3,(H2,15,19)(H,16,18). The van der Waals surface area contributed by atoms with Crippen molar-refractivity contribution in [2.45, 2.75) is 19.9 Å². The van der Waals surface area contributed by atoms with Crippen molar-refractivity contribution in [3.05, 3.63) is 51.5 Å². The summed E-state index contributed by atoms with van der Waals surface area (Å²) >= 11 is 6.46. The van der Waals surface area contributed by atoms with E-state index in [1.807, 2.05) is 36.6 Å². The predicted molar refractivity (Wildman–Crippen MR) is 84.7 cm³/mol. The van der Waals surface area contributed by atoms with Crippen molar-refractivity contribution < 1.29 is 4.79 Å². The van der Waals surface area contributed by atoms with Crippen LogP contribution in [0.3, 0.4) is 0 Å². The maximum absolute atomic E-state index is 11.8. The van der Waals surface area contributed by atoms with E-state index >= 15 is 0 Å². The van der Waals surface area contributed by atoms with Crippen LogP contribution in [-0.2, 0) is 17.8 Å². The Labute approximate surface area is 127 Å². The third kappa shape index (κ3) is 4.11. The zero-order chi connectivity index (χ0) is 14.5. The molecule has 6 heteroatoms. The molecule has 0 saturated carbocycles. The summed E-state index contributed by atoms with van der Waals surface area (Å²) in [6, 6.07) is 7.38. The molecule has 0 aliphatic carbocycles. The number of carbonyl (C=O) groups excluding carboxylic acids is 1. The minimum Gasteiger partial charge on any atom is -0.389 e. The second-order valence-electron chi connectivity index (χ2n) is 4.37. The molecule has 0 radical (unpaired) electrons. The molecule has 2 aromatic rings. The van der Waals surface area contributed by atoms with Crippen LogP contribution in [0.15, 0.2) is 29.6 Å². The molecule has 0 bridgehead atoms. The molecular weight excluding hydrogens is 290 g/mol. The monoisotopic (exact) mass is 305 g/mol. The molecule has 3 N–H and O–H groups in total. The number of nitrogens with zero attached hydrogens (tertiary/aromatic N) is 1. The largest absolute Gasteiger partial charge is 0.389 e. The molecule has 0 atom stereocenters. The minimum absolute atomic E-state index is 0.0290. The number of nitrogens with one attached hydrogen (secondary N) is 1. The average Bonchev–Trinajstić information content (AvgIpc) is 2.83. The Morgan fingerprint density at radius 3 is 2.65 bits per heavy atom.